The summed E-state index contributed by atoms with van der Waals surface area (Å²) in [6.07, 6.45) is 3.09. The van der Waals surface area contributed by atoms with Gasteiger partial charge < -0.3 is 0 Å². The molecule has 0 radical (unpaired) electrons. The van der Waals surface area contributed by atoms with Crippen LogP contribution in [-0.2, 0) is 0 Å². The Kier molecular flexibility index (Phi) is 1.74. The largest absolute Gasteiger partial charge is 0.296 e. The highest BCUT2D eigenvalue weighted by atomic mass is 19.1. The number of nitrogens with two attached hydrogens (primary N) is 1. The fraction of sp³-hybridized carbons (Fsp3) is 0.333. The number of hydrogen-bond donors (Lipinski definition) is 1. The molecule has 0 aromatic rings. The number of halogens is 1. The van der Waals surface area contributed by atoms with Crippen molar-refractivity contribution in [1.29, 1.82) is 0 Å². The molecule has 1 unspecified atom stereocenters. The zero-order valence-electron chi connectivity index (χ0n) is 5.66. The van der Waals surface area contributed by atoms with Gasteiger partial charge in [-0.2, -0.15) is 0 Å². The summed E-state index contributed by atoms with van der Waals surface area (Å²) in [6, 6.07) is 0. The fourth-order valence-electron chi connectivity index (χ4n) is 0.756. The van der Waals surface area contributed by atoms with Gasteiger partial charge in [0.2, 0.25) is 0 Å². The molecule has 0 bridgehead atoms. The van der Waals surface area contributed by atoms with Gasteiger partial charge in [-0.15, -0.1) is 0 Å². The molecule has 1 atom stereocenters. The summed E-state index contributed by atoms with van der Waals surface area (Å²) in [5.74, 6) is -1.92. The third-order valence-electron chi connectivity index (χ3n) is 1.37. The van der Waals surface area contributed by atoms with Gasteiger partial charge in [-0.1, -0.05) is 0 Å². The summed E-state index contributed by atoms with van der Waals surface area (Å²) in [5.41, 5.74) is 4.91. The maximum Gasteiger partial charge on any atom is 0.265 e. The Labute approximate surface area is 62.3 Å². The molecule has 11 heavy (non-hydrogen) atoms. The van der Waals surface area contributed by atoms with Gasteiger partial charge in [0, 0.05) is 12.5 Å². The predicted molar refractivity (Wildman–Crippen MR) is 36.9 cm³/mol. The van der Waals surface area contributed by atoms with Crippen molar-refractivity contribution >= 4 is 0 Å². The van der Waals surface area contributed by atoms with E-state index >= 15 is 0 Å². The molecule has 0 heterocycles. The van der Waals surface area contributed by atoms with Crippen molar-refractivity contribution in [3.63, 3.8) is 0 Å². The summed E-state index contributed by atoms with van der Waals surface area (Å²) >= 11 is 0. The van der Waals surface area contributed by atoms with Crippen molar-refractivity contribution in [1.82, 2.24) is 0 Å². The number of rotatable bonds is 1. The highest BCUT2D eigenvalue weighted by Crippen LogP contribution is 2.19. The highest BCUT2D eigenvalue weighted by Gasteiger charge is 2.24. The van der Waals surface area contributed by atoms with E-state index in [-0.39, 0.29) is 12.1 Å². The van der Waals surface area contributed by atoms with Gasteiger partial charge in [0.1, 0.15) is 0 Å². The normalized spacial score (nSPS) is 29.8. The number of nitrogens with zero attached hydrogens (tertiary/aromatic N) is 1. The van der Waals surface area contributed by atoms with Gasteiger partial charge in [-0.3, -0.25) is 15.8 Å². The van der Waals surface area contributed by atoms with E-state index in [2.05, 4.69) is 0 Å². The first kappa shape index (κ1) is 7.87. The van der Waals surface area contributed by atoms with Crippen LogP contribution < -0.4 is 5.73 Å². The Morgan fingerprint density at radius 2 is 2.45 bits per heavy atom. The second-order valence-corrected chi connectivity index (χ2v) is 2.35. The van der Waals surface area contributed by atoms with Crippen LogP contribution in [0.25, 0.3) is 0 Å². The Morgan fingerprint density at radius 3 is 2.82 bits per heavy atom. The number of hydrogen-bond acceptors (Lipinski definition) is 3. The van der Waals surface area contributed by atoms with Crippen LogP contribution in [-0.4, -0.2) is 10.7 Å². The van der Waals surface area contributed by atoms with Crippen LogP contribution in [0.2, 0.25) is 0 Å². The molecule has 0 aromatic heterocycles. The third-order valence-corrected chi connectivity index (χ3v) is 1.37. The first-order valence-electron chi connectivity index (χ1n) is 3.03. The summed E-state index contributed by atoms with van der Waals surface area (Å²) in [5, 5.41) is 10.1. The van der Waals surface area contributed by atoms with E-state index in [1.54, 1.807) is 0 Å². The van der Waals surface area contributed by atoms with Crippen LogP contribution in [0.4, 0.5) is 4.39 Å². The van der Waals surface area contributed by atoms with Gasteiger partial charge in [0.15, 0.2) is 5.79 Å². The molecule has 1 aliphatic carbocycles. The molecule has 60 valence electrons. The summed E-state index contributed by atoms with van der Waals surface area (Å²) in [6.45, 7) is 0. The monoisotopic (exact) mass is 158 g/mol. The average Bonchev–Trinajstić information content (AvgIpc) is 1.86. The lowest BCUT2D eigenvalue weighted by atomic mass is 10.1. The quantitative estimate of drug-likeness (QED) is 0.347. The average molecular weight is 158 g/mol. The Balaban J connectivity index is 2.75. The Morgan fingerprint density at radius 1 is 1.82 bits per heavy atom. The van der Waals surface area contributed by atoms with Crippen LogP contribution >= 0.6 is 0 Å². The lowest BCUT2D eigenvalue weighted by Crippen LogP contribution is -2.32. The summed E-state index contributed by atoms with van der Waals surface area (Å²) in [7, 11) is 0. The van der Waals surface area contributed by atoms with Crippen molar-refractivity contribution in [3.8, 4) is 0 Å². The van der Waals surface area contributed by atoms with Crippen molar-refractivity contribution in [2.45, 2.75) is 12.2 Å². The zero-order chi connectivity index (χ0) is 8.48. The molecule has 2 N–H and O–H groups in total. The highest BCUT2D eigenvalue weighted by molar-refractivity contribution is 5.21. The number of nitro groups is 1. The smallest absolute Gasteiger partial charge is 0.265 e. The minimum absolute atomic E-state index is 0.108. The van der Waals surface area contributed by atoms with Crippen LogP contribution in [0.3, 0.4) is 0 Å². The van der Waals surface area contributed by atoms with Crippen LogP contribution in [0, 0.1) is 10.1 Å². The van der Waals surface area contributed by atoms with E-state index < -0.39 is 10.7 Å². The molecular formula is C6H7FN2O2. The number of allylic oxidation sites excluding steroid dienone is 1. The maximum absolute atomic E-state index is 12.7. The van der Waals surface area contributed by atoms with Gasteiger partial charge in [0.25, 0.3) is 5.70 Å². The molecule has 4 nitrogen and oxygen atoms in total. The van der Waals surface area contributed by atoms with Gasteiger partial charge in [0.05, 0.1) is 4.92 Å². The molecule has 1 rings (SSSR count). The molecule has 5 heteroatoms. The summed E-state index contributed by atoms with van der Waals surface area (Å²) < 4.78 is 12.7. The molecule has 0 fully saturated rings. The van der Waals surface area contributed by atoms with Gasteiger partial charge >= 0.3 is 0 Å². The molecule has 1 aliphatic rings. The Bertz CT molecular complexity index is 245. The topological polar surface area (TPSA) is 69.2 Å². The van der Waals surface area contributed by atoms with Crippen LogP contribution in [0.15, 0.2) is 23.9 Å². The van der Waals surface area contributed by atoms with E-state index in [9.17, 15) is 14.5 Å². The number of alkyl halides is 1. The summed E-state index contributed by atoms with van der Waals surface area (Å²) in [4.78, 5) is 9.51. The molecule has 0 spiro atoms. The fourth-order valence-corrected chi connectivity index (χ4v) is 0.756. The molecule has 0 saturated heterocycles. The molecule has 0 aromatic carbocycles. The maximum atomic E-state index is 12.7. The second-order valence-electron chi connectivity index (χ2n) is 2.35. The Hall–Kier alpha value is -1.23. The van der Waals surface area contributed by atoms with E-state index in [1.165, 1.54) is 6.08 Å². The van der Waals surface area contributed by atoms with E-state index in [1.807, 2.05) is 0 Å². The minimum atomic E-state index is -1.92. The van der Waals surface area contributed by atoms with E-state index in [0.717, 1.165) is 12.2 Å². The first-order chi connectivity index (χ1) is 5.01. The lowest BCUT2D eigenvalue weighted by Gasteiger charge is -2.14. The third kappa shape index (κ3) is 1.84. The van der Waals surface area contributed by atoms with E-state index in [0.29, 0.717) is 0 Å². The van der Waals surface area contributed by atoms with Crippen molar-refractivity contribution in [3.05, 3.63) is 34.0 Å². The van der Waals surface area contributed by atoms with Gasteiger partial charge in [-0.25, -0.2) is 4.39 Å². The van der Waals surface area contributed by atoms with Gasteiger partial charge in [-0.05, 0) is 12.2 Å². The van der Waals surface area contributed by atoms with Crippen LogP contribution in [0.5, 0.6) is 0 Å². The lowest BCUT2D eigenvalue weighted by molar-refractivity contribution is -0.419. The molecule has 0 amide bonds. The second kappa shape index (κ2) is 2.43. The molecule has 0 saturated carbocycles. The van der Waals surface area contributed by atoms with E-state index in [4.69, 9.17) is 5.73 Å². The standard InChI is InChI=1S/C6H7FN2O2/c7-6(8)3-1-5(2-4-6)9(10)11/h1-3H,4,8H2. The molecular weight excluding hydrogens is 151 g/mol. The van der Waals surface area contributed by atoms with Crippen molar-refractivity contribution in [2.24, 2.45) is 5.73 Å². The van der Waals surface area contributed by atoms with Crippen molar-refractivity contribution < 1.29 is 9.31 Å². The zero-order valence-corrected chi connectivity index (χ0v) is 5.66. The van der Waals surface area contributed by atoms with Crippen LogP contribution in [0.1, 0.15) is 6.42 Å². The minimum Gasteiger partial charge on any atom is -0.296 e. The van der Waals surface area contributed by atoms with Crippen molar-refractivity contribution in [2.75, 3.05) is 0 Å². The predicted octanol–water partition coefficient (Wildman–Crippen LogP) is 0.731. The molecule has 0 aliphatic heterocycles. The SMILES string of the molecule is NC1(F)C=CC([N+](=O)[O-])=CC1. The first-order valence-corrected chi connectivity index (χ1v) is 3.03.